The van der Waals surface area contributed by atoms with Crippen LogP contribution in [0.15, 0.2) is 41.1 Å². The predicted molar refractivity (Wildman–Crippen MR) is 77.6 cm³/mol. The second-order valence-corrected chi connectivity index (χ2v) is 4.84. The summed E-state index contributed by atoms with van der Waals surface area (Å²) in [6.45, 7) is 1.97. The number of benzene rings is 1. The summed E-state index contributed by atoms with van der Waals surface area (Å²) < 4.78 is 5.87. The Morgan fingerprint density at radius 3 is 2.79 bits per heavy atom. The molecule has 1 N–H and O–H groups in total. The fourth-order valence-corrected chi connectivity index (χ4v) is 2.00. The minimum atomic E-state index is -0.203. The van der Waals surface area contributed by atoms with Gasteiger partial charge < -0.3 is 10.1 Å². The molecule has 1 aromatic carbocycles. The number of aromatic nitrogens is 1. The Morgan fingerprint density at radius 1 is 1.32 bits per heavy atom. The van der Waals surface area contributed by atoms with Crippen LogP contribution in [0.5, 0.6) is 5.75 Å². The minimum absolute atomic E-state index is 0.203. The number of hydrogen-bond acceptors (Lipinski definition) is 3. The van der Waals surface area contributed by atoms with Crippen molar-refractivity contribution in [3.05, 3.63) is 52.3 Å². The summed E-state index contributed by atoms with van der Waals surface area (Å²) in [5, 5.41) is 2.82. The number of hydrogen-bond donors (Lipinski definition) is 1. The molecule has 0 radical (unpaired) electrons. The second-order valence-electron chi connectivity index (χ2n) is 4.03. The third-order valence-electron chi connectivity index (χ3n) is 2.59. The highest BCUT2D eigenvalue weighted by atomic mass is 79.9. The van der Waals surface area contributed by atoms with Gasteiger partial charge in [-0.3, -0.25) is 4.79 Å². The van der Waals surface area contributed by atoms with E-state index in [2.05, 4.69) is 26.2 Å². The van der Waals surface area contributed by atoms with Crippen LogP contribution in [0, 0.1) is 6.92 Å². The van der Waals surface area contributed by atoms with Crippen molar-refractivity contribution in [3.63, 3.8) is 0 Å². The summed E-state index contributed by atoms with van der Waals surface area (Å²) in [5.74, 6) is 0.437. The fraction of sp³-hybridized carbons (Fsp3) is 0.143. The van der Waals surface area contributed by atoms with Crippen molar-refractivity contribution in [1.82, 2.24) is 4.98 Å². The lowest BCUT2D eigenvalue weighted by molar-refractivity contribution is 0.102. The van der Waals surface area contributed by atoms with E-state index in [0.29, 0.717) is 21.6 Å². The number of methoxy groups -OCH3 is 1. The maximum absolute atomic E-state index is 12.1. The monoisotopic (exact) mass is 320 g/mol. The highest BCUT2D eigenvalue weighted by Crippen LogP contribution is 2.25. The van der Waals surface area contributed by atoms with Crippen molar-refractivity contribution in [2.24, 2.45) is 0 Å². The number of nitrogens with one attached hydrogen (secondary N) is 1. The number of anilines is 1. The number of rotatable bonds is 3. The van der Waals surface area contributed by atoms with E-state index in [1.807, 2.05) is 25.1 Å². The molecule has 0 saturated heterocycles. The maximum atomic E-state index is 12.1. The van der Waals surface area contributed by atoms with E-state index in [-0.39, 0.29) is 5.91 Å². The smallest absolute Gasteiger partial charge is 0.255 e. The van der Waals surface area contributed by atoms with Gasteiger partial charge >= 0.3 is 0 Å². The van der Waals surface area contributed by atoms with Gasteiger partial charge in [-0.05, 0) is 52.7 Å². The molecule has 2 rings (SSSR count). The first-order chi connectivity index (χ1) is 9.10. The van der Waals surface area contributed by atoms with Gasteiger partial charge in [0.2, 0.25) is 0 Å². The number of pyridine rings is 1. The summed E-state index contributed by atoms with van der Waals surface area (Å²) >= 11 is 3.24. The summed E-state index contributed by atoms with van der Waals surface area (Å²) in [6.07, 6.45) is 1.57. The zero-order valence-corrected chi connectivity index (χ0v) is 12.2. The molecule has 98 valence electrons. The maximum Gasteiger partial charge on any atom is 0.255 e. The van der Waals surface area contributed by atoms with Crippen molar-refractivity contribution in [2.45, 2.75) is 6.92 Å². The topological polar surface area (TPSA) is 51.2 Å². The van der Waals surface area contributed by atoms with E-state index in [9.17, 15) is 4.79 Å². The van der Waals surface area contributed by atoms with Crippen LogP contribution in [-0.2, 0) is 0 Å². The summed E-state index contributed by atoms with van der Waals surface area (Å²) in [5.41, 5.74) is 2.25. The van der Waals surface area contributed by atoms with E-state index in [1.165, 1.54) is 0 Å². The molecular formula is C14H13BrN2O2. The first-order valence-electron chi connectivity index (χ1n) is 5.67. The predicted octanol–water partition coefficient (Wildman–Crippen LogP) is 3.41. The largest absolute Gasteiger partial charge is 0.495 e. The number of aryl methyl sites for hydroxylation is 1. The molecule has 5 heteroatoms. The molecule has 1 aromatic heterocycles. The Bertz CT molecular complexity index is 614. The van der Waals surface area contributed by atoms with Gasteiger partial charge in [0.25, 0.3) is 5.91 Å². The zero-order chi connectivity index (χ0) is 13.8. The molecule has 4 nitrogen and oxygen atoms in total. The van der Waals surface area contributed by atoms with Gasteiger partial charge in [0, 0.05) is 11.8 Å². The lowest BCUT2D eigenvalue weighted by Gasteiger charge is -2.11. The van der Waals surface area contributed by atoms with Gasteiger partial charge in [-0.2, -0.15) is 0 Å². The van der Waals surface area contributed by atoms with Crippen molar-refractivity contribution in [3.8, 4) is 5.75 Å². The highest BCUT2D eigenvalue weighted by molar-refractivity contribution is 9.10. The van der Waals surface area contributed by atoms with Gasteiger partial charge in [0.05, 0.1) is 12.8 Å². The molecule has 0 saturated carbocycles. The number of amides is 1. The van der Waals surface area contributed by atoms with Crippen LogP contribution >= 0.6 is 15.9 Å². The van der Waals surface area contributed by atoms with E-state index in [0.717, 1.165) is 5.56 Å². The van der Waals surface area contributed by atoms with E-state index in [1.54, 1.807) is 25.4 Å². The Morgan fingerprint density at radius 2 is 2.11 bits per heavy atom. The number of carbonyl (C=O) groups is 1. The van der Waals surface area contributed by atoms with Gasteiger partial charge in [-0.15, -0.1) is 0 Å². The Labute approximate surface area is 119 Å². The van der Waals surface area contributed by atoms with Crippen molar-refractivity contribution >= 4 is 27.5 Å². The quantitative estimate of drug-likeness (QED) is 0.882. The van der Waals surface area contributed by atoms with Gasteiger partial charge in [-0.25, -0.2) is 4.98 Å². The highest BCUT2D eigenvalue weighted by Gasteiger charge is 2.10. The van der Waals surface area contributed by atoms with Crippen LogP contribution in [0.2, 0.25) is 0 Å². The standard InChI is InChI=1S/C14H13BrN2O2/c1-9-3-4-11(12(7-9)19-2)17-14(18)10-5-6-16-13(15)8-10/h3-8H,1-2H3,(H,17,18). The molecule has 0 bridgehead atoms. The average Bonchev–Trinajstić information content (AvgIpc) is 2.40. The molecule has 19 heavy (non-hydrogen) atoms. The van der Waals surface area contributed by atoms with Crippen molar-refractivity contribution in [1.29, 1.82) is 0 Å². The Balaban J connectivity index is 2.24. The molecule has 0 aliphatic carbocycles. The lowest BCUT2D eigenvalue weighted by atomic mass is 10.2. The number of carbonyl (C=O) groups excluding carboxylic acids is 1. The molecule has 0 atom stereocenters. The van der Waals surface area contributed by atoms with Gasteiger partial charge in [0.1, 0.15) is 10.4 Å². The van der Waals surface area contributed by atoms with Crippen LogP contribution < -0.4 is 10.1 Å². The van der Waals surface area contributed by atoms with E-state index >= 15 is 0 Å². The van der Waals surface area contributed by atoms with Crippen LogP contribution in [0.25, 0.3) is 0 Å². The summed E-state index contributed by atoms with van der Waals surface area (Å²) in [6, 6.07) is 8.93. The SMILES string of the molecule is COc1cc(C)ccc1NC(=O)c1ccnc(Br)c1. The van der Waals surface area contributed by atoms with Crippen LogP contribution in [0.1, 0.15) is 15.9 Å². The first-order valence-corrected chi connectivity index (χ1v) is 6.47. The molecule has 1 amide bonds. The molecule has 0 fully saturated rings. The number of ether oxygens (including phenoxy) is 1. The zero-order valence-electron chi connectivity index (χ0n) is 10.6. The minimum Gasteiger partial charge on any atom is -0.495 e. The van der Waals surface area contributed by atoms with Crippen LogP contribution in [0.3, 0.4) is 0 Å². The summed E-state index contributed by atoms with van der Waals surface area (Å²) in [7, 11) is 1.58. The fourth-order valence-electron chi connectivity index (χ4n) is 1.64. The van der Waals surface area contributed by atoms with Crippen molar-refractivity contribution in [2.75, 3.05) is 12.4 Å². The van der Waals surface area contributed by atoms with Crippen LogP contribution in [-0.4, -0.2) is 18.0 Å². The average molecular weight is 321 g/mol. The number of halogens is 1. The van der Waals surface area contributed by atoms with Gasteiger partial charge in [0.15, 0.2) is 0 Å². The lowest BCUT2D eigenvalue weighted by Crippen LogP contribution is -2.12. The Kier molecular flexibility index (Phi) is 4.16. The van der Waals surface area contributed by atoms with E-state index in [4.69, 9.17) is 4.74 Å². The van der Waals surface area contributed by atoms with Crippen LogP contribution in [0.4, 0.5) is 5.69 Å². The third kappa shape index (κ3) is 3.32. The molecule has 0 aliphatic rings. The molecule has 2 aromatic rings. The van der Waals surface area contributed by atoms with E-state index < -0.39 is 0 Å². The number of nitrogens with zero attached hydrogens (tertiary/aromatic N) is 1. The third-order valence-corrected chi connectivity index (χ3v) is 3.03. The molecule has 1 heterocycles. The summed E-state index contributed by atoms with van der Waals surface area (Å²) in [4.78, 5) is 16.1. The van der Waals surface area contributed by atoms with Crippen molar-refractivity contribution < 1.29 is 9.53 Å². The molecule has 0 unspecified atom stereocenters. The normalized spacial score (nSPS) is 10.1. The Hall–Kier alpha value is -1.88. The van der Waals surface area contributed by atoms with Gasteiger partial charge in [-0.1, -0.05) is 6.07 Å². The molecule has 0 spiro atoms. The second kappa shape index (κ2) is 5.84. The first kappa shape index (κ1) is 13.5. The molecular weight excluding hydrogens is 308 g/mol. The molecule has 0 aliphatic heterocycles.